The van der Waals surface area contributed by atoms with Gasteiger partial charge in [0.25, 0.3) is 0 Å². The van der Waals surface area contributed by atoms with Crippen molar-refractivity contribution < 1.29 is 0 Å². The van der Waals surface area contributed by atoms with Crippen molar-refractivity contribution >= 4 is 0 Å². The van der Waals surface area contributed by atoms with Crippen molar-refractivity contribution in [3.63, 3.8) is 0 Å². The molecule has 0 aliphatic carbocycles. The average Bonchev–Trinajstić information content (AvgIpc) is 2.05. The van der Waals surface area contributed by atoms with Crippen LogP contribution in [0, 0.1) is 5.92 Å². The lowest BCUT2D eigenvalue weighted by atomic mass is 9.91. The molecule has 1 fully saturated rings. The Balaban J connectivity index is 2.24. The van der Waals surface area contributed by atoms with Crippen LogP contribution in [-0.2, 0) is 0 Å². The fourth-order valence-corrected chi connectivity index (χ4v) is 2.01. The van der Waals surface area contributed by atoms with Gasteiger partial charge in [0.2, 0.25) is 0 Å². The van der Waals surface area contributed by atoms with Crippen LogP contribution in [0.5, 0.6) is 0 Å². The van der Waals surface area contributed by atoms with Gasteiger partial charge in [0, 0.05) is 12.1 Å². The molecule has 0 radical (unpaired) electrons. The predicted octanol–water partition coefficient (Wildman–Crippen LogP) is 1.37. The summed E-state index contributed by atoms with van der Waals surface area (Å²) in [6.07, 6.45) is 2.67. The zero-order valence-electron chi connectivity index (χ0n) is 8.56. The predicted molar refractivity (Wildman–Crippen MR) is 53.3 cm³/mol. The van der Waals surface area contributed by atoms with Crippen LogP contribution in [0.2, 0.25) is 0 Å². The van der Waals surface area contributed by atoms with Gasteiger partial charge in [0.15, 0.2) is 0 Å². The van der Waals surface area contributed by atoms with Crippen LogP contribution in [0.1, 0.15) is 33.6 Å². The highest BCUT2D eigenvalue weighted by Crippen LogP contribution is 2.16. The fraction of sp³-hybridized carbons (Fsp3) is 1.00. The van der Waals surface area contributed by atoms with Crippen molar-refractivity contribution in [1.82, 2.24) is 10.6 Å². The number of rotatable bonds is 3. The van der Waals surface area contributed by atoms with Crippen LogP contribution in [-0.4, -0.2) is 25.2 Å². The number of hydrogen-bond donors (Lipinski definition) is 2. The summed E-state index contributed by atoms with van der Waals surface area (Å²) in [6, 6.07) is 1.31. The molecule has 2 nitrogen and oxygen atoms in total. The third kappa shape index (κ3) is 3.11. The zero-order chi connectivity index (χ0) is 8.97. The van der Waals surface area contributed by atoms with E-state index in [0.717, 1.165) is 5.92 Å². The molecule has 1 rings (SSSR count). The molecule has 1 unspecified atom stereocenters. The highest BCUT2D eigenvalue weighted by molar-refractivity contribution is 4.78. The van der Waals surface area contributed by atoms with E-state index in [1.54, 1.807) is 0 Å². The largest absolute Gasteiger partial charge is 0.317 e. The van der Waals surface area contributed by atoms with E-state index in [2.05, 4.69) is 31.4 Å². The van der Waals surface area contributed by atoms with Crippen molar-refractivity contribution in [2.24, 2.45) is 5.92 Å². The van der Waals surface area contributed by atoms with Crippen molar-refractivity contribution in [2.45, 2.75) is 45.7 Å². The third-order valence-corrected chi connectivity index (χ3v) is 2.69. The molecule has 0 saturated carbocycles. The Hall–Kier alpha value is -0.0800. The molecule has 1 aliphatic rings. The van der Waals surface area contributed by atoms with Gasteiger partial charge in [-0.25, -0.2) is 0 Å². The molecule has 72 valence electrons. The van der Waals surface area contributed by atoms with Crippen LogP contribution >= 0.6 is 0 Å². The summed E-state index contributed by atoms with van der Waals surface area (Å²) >= 11 is 0. The van der Waals surface area contributed by atoms with Gasteiger partial charge < -0.3 is 10.6 Å². The molecular weight excluding hydrogens is 148 g/mol. The highest BCUT2D eigenvalue weighted by Gasteiger charge is 2.19. The van der Waals surface area contributed by atoms with Gasteiger partial charge in [-0.3, -0.25) is 0 Å². The SMILES string of the molecule is CC(C)NC(C)C1CCNCC1. The zero-order valence-corrected chi connectivity index (χ0v) is 8.56. The maximum Gasteiger partial charge on any atom is 0.00703 e. The summed E-state index contributed by atoms with van der Waals surface area (Å²) in [5.74, 6) is 0.883. The fourth-order valence-electron chi connectivity index (χ4n) is 2.01. The summed E-state index contributed by atoms with van der Waals surface area (Å²) < 4.78 is 0. The normalized spacial score (nSPS) is 23.0. The van der Waals surface area contributed by atoms with Crippen LogP contribution in [0.15, 0.2) is 0 Å². The molecule has 0 aromatic rings. The Labute approximate surface area is 76.1 Å². The highest BCUT2D eigenvalue weighted by atomic mass is 15.0. The Bertz CT molecular complexity index is 117. The van der Waals surface area contributed by atoms with Crippen LogP contribution in [0.4, 0.5) is 0 Å². The molecule has 2 heteroatoms. The molecule has 1 atom stereocenters. The van der Waals surface area contributed by atoms with Crippen molar-refractivity contribution in [1.29, 1.82) is 0 Å². The van der Waals surface area contributed by atoms with E-state index in [0.29, 0.717) is 12.1 Å². The Kier molecular flexibility index (Phi) is 4.02. The van der Waals surface area contributed by atoms with E-state index in [9.17, 15) is 0 Å². The molecule has 0 aromatic heterocycles. The van der Waals surface area contributed by atoms with Gasteiger partial charge in [-0.1, -0.05) is 13.8 Å². The minimum atomic E-state index is 0.620. The van der Waals surface area contributed by atoms with E-state index >= 15 is 0 Å². The number of nitrogens with one attached hydrogen (secondary N) is 2. The quantitative estimate of drug-likeness (QED) is 0.668. The van der Waals surface area contributed by atoms with Crippen molar-refractivity contribution in [3.05, 3.63) is 0 Å². The molecular formula is C10H22N2. The first-order chi connectivity index (χ1) is 5.70. The smallest absolute Gasteiger partial charge is 0.00703 e. The monoisotopic (exact) mass is 170 g/mol. The minimum Gasteiger partial charge on any atom is -0.317 e. The lowest BCUT2D eigenvalue weighted by Crippen LogP contribution is -2.42. The molecule has 0 aromatic carbocycles. The Morgan fingerprint density at radius 2 is 1.75 bits per heavy atom. The standard InChI is InChI=1S/C10H22N2/c1-8(2)12-9(3)10-4-6-11-7-5-10/h8-12H,4-7H2,1-3H3. The molecule has 0 bridgehead atoms. The minimum absolute atomic E-state index is 0.620. The summed E-state index contributed by atoms with van der Waals surface area (Å²) in [7, 11) is 0. The van der Waals surface area contributed by atoms with E-state index in [1.807, 2.05) is 0 Å². The molecule has 0 spiro atoms. The maximum atomic E-state index is 3.58. The van der Waals surface area contributed by atoms with E-state index in [4.69, 9.17) is 0 Å². The molecule has 2 N–H and O–H groups in total. The summed E-state index contributed by atoms with van der Waals surface area (Å²) in [6.45, 7) is 9.16. The lowest BCUT2D eigenvalue weighted by Gasteiger charge is -2.30. The van der Waals surface area contributed by atoms with Gasteiger partial charge in [-0.05, 0) is 38.8 Å². The van der Waals surface area contributed by atoms with E-state index < -0.39 is 0 Å². The van der Waals surface area contributed by atoms with Crippen LogP contribution in [0.3, 0.4) is 0 Å². The van der Waals surface area contributed by atoms with Crippen LogP contribution < -0.4 is 10.6 Å². The first kappa shape index (κ1) is 10.0. The second kappa shape index (κ2) is 4.83. The summed E-state index contributed by atoms with van der Waals surface area (Å²) in [5.41, 5.74) is 0. The van der Waals surface area contributed by atoms with Gasteiger partial charge in [0.1, 0.15) is 0 Å². The summed E-state index contributed by atoms with van der Waals surface area (Å²) in [5, 5.41) is 6.98. The number of hydrogen-bond acceptors (Lipinski definition) is 2. The van der Waals surface area contributed by atoms with E-state index in [1.165, 1.54) is 25.9 Å². The molecule has 1 saturated heterocycles. The van der Waals surface area contributed by atoms with Gasteiger partial charge >= 0.3 is 0 Å². The van der Waals surface area contributed by atoms with Gasteiger partial charge in [-0.15, -0.1) is 0 Å². The van der Waals surface area contributed by atoms with E-state index in [-0.39, 0.29) is 0 Å². The average molecular weight is 170 g/mol. The second-order valence-electron chi connectivity index (χ2n) is 4.20. The second-order valence-corrected chi connectivity index (χ2v) is 4.20. The summed E-state index contributed by atoms with van der Waals surface area (Å²) in [4.78, 5) is 0. The first-order valence-electron chi connectivity index (χ1n) is 5.17. The maximum absolute atomic E-state index is 3.58. The van der Waals surface area contributed by atoms with Crippen molar-refractivity contribution in [2.75, 3.05) is 13.1 Å². The van der Waals surface area contributed by atoms with Crippen LogP contribution in [0.25, 0.3) is 0 Å². The van der Waals surface area contributed by atoms with Crippen molar-refractivity contribution in [3.8, 4) is 0 Å². The number of piperidine rings is 1. The Morgan fingerprint density at radius 3 is 2.25 bits per heavy atom. The first-order valence-corrected chi connectivity index (χ1v) is 5.17. The third-order valence-electron chi connectivity index (χ3n) is 2.69. The topological polar surface area (TPSA) is 24.1 Å². The molecule has 12 heavy (non-hydrogen) atoms. The molecule has 1 aliphatic heterocycles. The molecule has 0 amide bonds. The Morgan fingerprint density at radius 1 is 1.17 bits per heavy atom. The molecule has 1 heterocycles. The lowest BCUT2D eigenvalue weighted by molar-refractivity contribution is 0.282. The van der Waals surface area contributed by atoms with Gasteiger partial charge in [0.05, 0.1) is 0 Å². The van der Waals surface area contributed by atoms with Gasteiger partial charge in [-0.2, -0.15) is 0 Å².